The Morgan fingerprint density at radius 2 is 0.600 bits per heavy atom. The van der Waals surface area contributed by atoms with Gasteiger partial charge in [0.1, 0.15) is 19.3 Å². The smallest absolute Gasteiger partial charge is 0.462 e. The van der Waals surface area contributed by atoms with Crippen LogP contribution in [0.25, 0.3) is 0 Å². The van der Waals surface area contributed by atoms with E-state index < -0.39 is 97.5 Å². The van der Waals surface area contributed by atoms with Gasteiger partial charge >= 0.3 is 39.5 Å². The number of ether oxygens (including phenoxy) is 4. The van der Waals surface area contributed by atoms with Gasteiger partial charge < -0.3 is 33.8 Å². The van der Waals surface area contributed by atoms with Gasteiger partial charge in [-0.2, -0.15) is 0 Å². The molecule has 0 bridgehead atoms. The summed E-state index contributed by atoms with van der Waals surface area (Å²) in [5, 5.41) is 10.6. The number of phosphoric acid groups is 2. The molecule has 0 spiro atoms. The first-order chi connectivity index (χ1) is 43.4. The standard InChI is InChI=1S/C71H134O17P2/c1-7-9-11-13-15-17-19-21-23-25-27-29-36-43-49-55-70(75)87-66(59-81-68(73)53-47-41-35-28-26-24-22-20-18-16-14-12-10-8-2)61-85-89(77,78)83-57-65(72)58-84-90(79,80)86-62-67(60-82-69(74)54-48-42-38-32-34-40-46-52-64(5)6)88-71(76)56-50-44-37-31-30-33-39-45-51-63(3)4/h17,19,21,23,63-67,72H,7-16,18,20,22,24-62H2,1-6H3,(H,77,78)(H,79,80)/b19-17-,23-21-/t65-,66-,67-/m1/s1. The Morgan fingerprint density at radius 1 is 0.344 bits per heavy atom. The maximum atomic E-state index is 13.0. The van der Waals surface area contributed by atoms with Crippen molar-refractivity contribution in [2.24, 2.45) is 11.8 Å². The maximum Gasteiger partial charge on any atom is 0.472 e. The summed E-state index contributed by atoms with van der Waals surface area (Å²) >= 11 is 0. The molecule has 90 heavy (non-hydrogen) atoms. The molecule has 0 saturated heterocycles. The van der Waals surface area contributed by atoms with E-state index in [4.69, 9.17) is 37.0 Å². The number of aliphatic hydroxyl groups is 1. The van der Waals surface area contributed by atoms with Gasteiger partial charge in [0.2, 0.25) is 0 Å². The second kappa shape index (κ2) is 62.6. The number of rotatable bonds is 68. The Kier molecular flexibility index (Phi) is 60.9. The molecule has 0 aromatic carbocycles. The van der Waals surface area contributed by atoms with Crippen molar-refractivity contribution in [1.82, 2.24) is 0 Å². The van der Waals surface area contributed by atoms with Crippen LogP contribution in [-0.2, 0) is 65.4 Å². The summed E-state index contributed by atoms with van der Waals surface area (Å²) < 4.78 is 68.2. The number of hydrogen-bond acceptors (Lipinski definition) is 15. The minimum atomic E-state index is -4.96. The molecule has 0 saturated carbocycles. The predicted octanol–water partition coefficient (Wildman–Crippen LogP) is 19.9. The lowest BCUT2D eigenvalue weighted by molar-refractivity contribution is -0.161. The van der Waals surface area contributed by atoms with Gasteiger partial charge in [-0.1, -0.05) is 284 Å². The minimum absolute atomic E-state index is 0.0851. The van der Waals surface area contributed by atoms with Crippen LogP contribution in [-0.4, -0.2) is 96.7 Å². The first kappa shape index (κ1) is 87.5. The third kappa shape index (κ3) is 64.3. The van der Waals surface area contributed by atoms with E-state index in [1.54, 1.807) is 0 Å². The molecule has 0 radical (unpaired) electrons. The molecule has 0 aliphatic heterocycles. The number of carbonyl (C=O) groups is 4. The van der Waals surface area contributed by atoms with Crippen LogP contribution in [0.2, 0.25) is 0 Å². The van der Waals surface area contributed by atoms with E-state index in [-0.39, 0.29) is 25.7 Å². The molecule has 17 nitrogen and oxygen atoms in total. The van der Waals surface area contributed by atoms with Gasteiger partial charge in [-0.05, 0) is 63.2 Å². The Balaban J connectivity index is 5.29. The van der Waals surface area contributed by atoms with Crippen molar-refractivity contribution in [2.75, 3.05) is 39.6 Å². The van der Waals surface area contributed by atoms with E-state index in [2.05, 4.69) is 65.8 Å². The summed E-state index contributed by atoms with van der Waals surface area (Å²) in [4.78, 5) is 72.5. The zero-order valence-electron chi connectivity index (χ0n) is 57.9. The van der Waals surface area contributed by atoms with E-state index in [9.17, 15) is 43.2 Å². The lowest BCUT2D eigenvalue weighted by Gasteiger charge is -2.21. The summed E-state index contributed by atoms with van der Waals surface area (Å²) in [5.74, 6) is -0.736. The van der Waals surface area contributed by atoms with Crippen molar-refractivity contribution in [3.63, 3.8) is 0 Å². The zero-order chi connectivity index (χ0) is 66.5. The van der Waals surface area contributed by atoms with Gasteiger partial charge in [0.25, 0.3) is 0 Å². The van der Waals surface area contributed by atoms with Crippen LogP contribution in [0.1, 0.15) is 337 Å². The van der Waals surface area contributed by atoms with Gasteiger partial charge in [-0.15, -0.1) is 0 Å². The van der Waals surface area contributed by atoms with Crippen LogP contribution in [0.3, 0.4) is 0 Å². The van der Waals surface area contributed by atoms with Crippen LogP contribution in [0.4, 0.5) is 0 Å². The molecular formula is C71H134O17P2. The van der Waals surface area contributed by atoms with Crippen molar-refractivity contribution in [2.45, 2.75) is 355 Å². The summed E-state index contributed by atoms with van der Waals surface area (Å²) in [5.41, 5.74) is 0. The number of carbonyl (C=O) groups excluding carboxylic acids is 4. The summed E-state index contributed by atoms with van der Waals surface area (Å²) in [7, 11) is -9.91. The van der Waals surface area contributed by atoms with E-state index in [0.717, 1.165) is 109 Å². The van der Waals surface area contributed by atoms with E-state index >= 15 is 0 Å². The molecule has 0 aromatic rings. The highest BCUT2D eigenvalue weighted by molar-refractivity contribution is 7.47. The van der Waals surface area contributed by atoms with Gasteiger partial charge in [0.15, 0.2) is 12.2 Å². The number of unbranched alkanes of at least 4 members (excludes halogenated alkanes) is 35. The molecule has 19 heteroatoms. The first-order valence-corrected chi connectivity index (χ1v) is 39.3. The maximum absolute atomic E-state index is 13.0. The zero-order valence-corrected chi connectivity index (χ0v) is 59.7. The molecule has 0 aliphatic carbocycles. The Labute approximate surface area is 548 Å². The van der Waals surface area contributed by atoms with Crippen molar-refractivity contribution in [1.29, 1.82) is 0 Å². The first-order valence-electron chi connectivity index (χ1n) is 36.3. The Bertz CT molecular complexity index is 1850. The molecule has 0 aromatic heterocycles. The SMILES string of the molecule is CCCCCC/C=C\C=C/CCCCCCCC(=O)O[C@H](COC(=O)CCCCCCCCCCCCCCCC)COP(=O)(O)OC[C@@H](O)COP(=O)(O)OC[C@@H](COC(=O)CCCCCCCCCC(C)C)OC(=O)CCCCCCCCCCC(C)C. The van der Waals surface area contributed by atoms with Crippen molar-refractivity contribution >= 4 is 39.5 Å². The molecule has 3 N–H and O–H groups in total. The second-order valence-corrected chi connectivity index (χ2v) is 28.8. The van der Waals surface area contributed by atoms with E-state index in [1.807, 2.05) is 0 Å². The van der Waals surface area contributed by atoms with Gasteiger partial charge in [0, 0.05) is 25.7 Å². The highest BCUT2D eigenvalue weighted by Crippen LogP contribution is 2.45. The van der Waals surface area contributed by atoms with Crippen molar-refractivity contribution in [3.05, 3.63) is 24.3 Å². The lowest BCUT2D eigenvalue weighted by atomic mass is 10.0. The fourth-order valence-electron chi connectivity index (χ4n) is 10.2. The van der Waals surface area contributed by atoms with E-state index in [1.165, 1.54) is 135 Å². The second-order valence-electron chi connectivity index (χ2n) is 25.9. The molecule has 2 unspecified atom stereocenters. The summed E-state index contributed by atoms with van der Waals surface area (Å²) in [6, 6.07) is 0. The molecule has 0 aliphatic rings. The molecular weight excluding hydrogens is 1190 g/mol. The predicted molar refractivity (Wildman–Crippen MR) is 363 cm³/mol. The van der Waals surface area contributed by atoms with Crippen LogP contribution >= 0.6 is 15.6 Å². The quantitative estimate of drug-likeness (QED) is 0.0169. The van der Waals surface area contributed by atoms with Gasteiger partial charge in [-0.3, -0.25) is 37.3 Å². The Hall–Kier alpha value is -2.46. The van der Waals surface area contributed by atoms with Crippen LogP contribution < -0.4 is 0 Å². The molecule has 530 valence electrons. The fraction of sp³-hybridized carbons (Fsp3) is 0.887. The third-order valence-electron chi connectivity index (χ3n) is 15.8. The highest BCUT2D eigenvalue weighted by Gasteiger charge is 2.30. The van der Waals surface area contributed by atoms with Gasteiger partial charge in [0.05, 0.1) is 26.4 Å². The van der Waals surface area contributed by atoms with Crippen LogP contribution in [0.5, 0.6) is 0 Å². The Morgan fingerprint density at radius 3 is 0.911 bits per heavy atom. The molecule has 0 amide bonds. The van der Waals surface area contributed by atoms with Crippen molar-refractivity contribution < 1.29 is 80.2 Å². The summed E-state index contributed by atoms with van der Waals surface area (Å²) in [6.45, 7) is 9.39. The van der Waals surface area contributed by atoms with Crippen LogP contribution in [0, 0.1) is 11.8 Å². The normalized spacial score (nSPS) is 14.3. The van der Waals surface area contributed by atoms with Crippen molar-refractivity contribution in [3.8, 4) is 0 Å². The number of phosphoric ester groups is 2. The van der Waals surface area contributed by atoms with Gasteiger partial charge in [-0.25, -0.2) is 9.13 Å². The minimum Gasteiger partial charge on any atom is -0.462 e. The number of allylic oxidation sites excluding steroid dienone is 4. The lowest BCUT2D eigenvalue weighted by Crippen LogP contribution is -2.30. The third-order valence-corrected chi connectivity index (χ3v) is 17.7. The monoisotopic (exact) mass is 1320 g/mol. The molecule has 0 fully saturated rings. The molecule has 0 heterocycles. The summed E-state index contributed by atoms with van der Waals surface area (Å²) in [6.07, 6.45) is 50.9. The average Bonchev–Trinajstić information content (AvgIpc) is 2.46. The molecule has 5 atom stereocenters. The highest BCUT2D eigenvalue weighted by atomic mass is 31.2. The fourth-order valence-corrected chi connectivity index (χ4v) is 11.8. The molecule has 0 rings (SSSR count). The van der Waals surface area contributed by atoms with E-state index in [0.29, 0.717) is 37.5 Å². The largest absolute Gasteiger partial charge is 0.472 e. The number of aliphatic hydroxyl groups excluding tert-OH is 1. The number of esters is 4. The average molecular weight is 1320 g/mol. The topological polar surface area (TPSA) is 237 Å². The number of hydrogen-bond donors (Lipinski definition) is 3. The van der Waals surface area contributed by atoms with Crippen LogP contribution in [0.15, 0.2) is 24.3 Å².